The van der Waals surface area contributed by atoms with Crippen molar-refractivity contribution in [2.75, 3.05) is 24.5 Å². The van der Waals surface area contributed by atoms with Crippen LogP contribution in [-0.4, -0.2) is 30.5 Å². The first kappa shape index (κ1) is 19.9. The number of rotatable bonds is 4. The van der Waals surface area contributed by atoms with E-state index in [-0.39, 0.29) is 11.3 Å². The maximum absolute atomic E-state index is 12.5. The lowest BCUT2D eigenvalue weighted by Gasteiger charge is -2.31. The first-order valence-electron chi connectivity index (χ1n) is 10.4. The molecular weight excluding hydrogens is 378 g/mol. The maximum Gasteiger partial charge on any atom is 0.251 e. The van der Waals surface area contributed by atoms with Gasteiger partial charge in [-0.1, -0.05) is 56.4 Å². The molecule has 5 heteroatoms. The molecule has 1 amide bonds. The molecule has 0 radical (unpaired) electrons. The van der Waals surface area contributed by atoms with Gasteiger partial charge in [0.1, 0.15) is 0 Å². The number of carbonyl (C=O) groups excluding carboxylic acids is 1. The van der Waals surface area contributed by atoms with Gasteiger partial charge in [0, 0.05) is 25.2 Å². The van der Waals surface area contributed by atoms with Gasteiger partial charge in [-0.05, 0) is 54.0 Å². The molecule has 2 aromatic carbocycles. The summed E-state index contributed by atoms with van der Waals surface area (Å²) in [6.07, 6.45) is 2.17. The molecule has 1 saturated heterocycles. The Hall–Kier alpha value is -2.40. The molecule has 2 heterocycles. The zero-order chi connectivity index (χ0) is 20.4. The van der Waals surface area contributed by atoms with Crippen LogP contribution in [0.2, 0.25) is 0 Å². The van der Waals surface area contributed by atoms with Crippen molar-refractivity contribution in [1.29, 1.82) is 0 Å². The first-order chi connectivity index (χ1) is 13.9. The summed E-state index contributed by atoms with van der Waals surface area (Å²) in [5.41, 5.74) is 3.17. The van der Waals surface area contributed by atoms with Crippen LogP contribution in [0, 0.1) is 5.92 Å². The fourth-order valence-electron chi connectivity index (χ4n) is 3.78. The van der Waals surface area contributed by atoms with E-state index < -0.39 is 0 Å². The monoisotopic (exact) mass is 407 g/mol. The lowest BCUT2D eigenvalue weighted by atomic mass is 9.86. The third-order valence-corrected chi connectivity index (χ3v) is 6.83. The normalized spacial score (nSPS) is 15.6. The second kappa shape index (κ2) is 8.15. The minimum absolute atomic E-state index is 0.0269. The summed E-state index contributed by atoms with van der Waals surface area (Å²) >= 11 is 1.77. The SMILES string of the molecule is CC(C)(C)c1ccc(C(=O)NCC2CCN(c3nc4ccccc4s3)CC2)cc1. The largest absolute Gasteiger partial charge is 0.352 e. The van der Waals surface area contributed by atoms with Crippen LogP contribution >= 0.6 is 11.3 Å². The van der Waals surface area contributed by atoms with E-state index in [1.165, 1.54) is 10.3 Å². The van der Waals surface area contributed by atoms with Crippen LogP contribution in [0.5, 0.6) is 0 Å². The summed E-state index contributed by atoms with van der Waals surface area (Å²) in [5.74, 6) is 0.553. The van der Waals surface area contributed by atoms with Crippen LogP contribution in [0.3, 0.4) is 0 Å². The Morgan fingerprint density at radius 1 is 1.10 bits per heavy atom. The molecule has 4 nitrogen and oxygen atoms in total. The Bertz CT molecular complexity index is 946. The van der Waals surface area contributed by atoms with Gasteiger partial charge in [0.2, 0.25) is 0 Å². The van der Waals surface area contributed by atoms with E-state index in [1.807, 2.05) is 18.2 Å². The number of benzene rings is 2. The number of aromatic nitrogens is 1. The van der Waals surface area contributed by atoms with Gasteiger partial charge in [-0.15, -0.1) is 0 Å². The molecule has 152 valence electrons. The van der Waals surface area contributed by atoms with Crippen molar-refractivity contribution in [2.24, 2.45) is 5.92 Å². The van der Waals surface area contributed by atoms with Crippen LogP contribution in [0.15, 0.2) is 48.5 Å². The fraction of sp³-hybridized carbons (Fsp3) is 0.417. The number of hydrogen-bond donors (Lipinski definition) is 1. The molecule has 0 atom stereocenters. The smallest absolute Gasteiger partial charge is 0.251 e. The zero-order valence-corrected chi connectivity index (χ0v) is 18.3. The van der Waals surface area contributed by atoms with Gasteiger partial charge in [0.05, 0.1) is 10.2 Å². The van der Waals surface area contributed by atoms with Crippen molar-refractivity contribution >= 4 is 32.6 Å². The minimum Gasteiger partial charge on any atom is -0.352 e. The number of nitrogens with zero attached hydrogens (tertiary/aromatic N) is 2. The molecule has 1 aliphatic rings. The van der Waals surface area contributed by atoms with Crippen LogP contribution in [0.4, 0.5) is 5.13 Å². The zero-order valence-electron chi connectivity index (χ0n) is 17.4. The maximum atomic E-state index is 12.5. The van der Waals surface area contributed by atoms with E-state index in [0.717, 1.165) is 48.7 Å². The number of hydrogen-bond acceptors (Lipinski definition) is 4. The average molecular weight is 408 g/mol. The highest BCUT2D eigenvalue weighted by Gasteiger charge is 2.22. The Morgan fingerprint density at radius 3 is 2.45 bits per heavy atom. The molecule has 0 spiro atoms. The number of nitrogens with one attached hydrogen (secondary N) is 1. The molecule has 29 heavy (non-hydrogen) atoms. The Morgan fingerprint density at radius 2 is 1.79 bits per heavy atom. The number of fused-ring (bicyclic) bond motifs is 1. The molecule has 1 N–H and O–H groups in total. The molecule has 0 unspecified atom stereocenters. The van der Waals surface area contributed by atoms with E-state index in [0.29, 0.717) is 5.92 Å². The molecule has 1 aromatic heterocycles. The van der Waals surface area contributed by atoms with E-state index >= 15 is 0 Å². The highest BCUT2D eigenvalue weighted by atomic mass is 32.1. The van der Waals surface area contributed by atoms with E-state index in [1.54, 1.807) is 11.3 Å². The lowest BCUT2D eigenvalue weighted by Crippen LogP contribution is -2.38. The van der Waals surface area contributed by atoms with Gasteiger partial charge >= 0.3 is 0 Å². The third-order valence-electron chi connectivity index (χ3n) is 5.73. The summed E-state index contributed by atoms with van der Waals surface area (Å²) in [6, 6.07) is 16.3. The Kier molecular flexibility index (Phi) is 5.59. The predicted octanol–water partition coefficient (Wildman–Crippen LogP) is 5.24. The van der Waals surface area contributed by atoms with Crippen molar-refractivity contribution in [1.82, 2.24) is 10.3 Å². The van der Waals surface area contributed by atoms with Crippen molar-refractivity contribution in [2.45, 2.75) is 39.0 Å². The third kappa shape index (κ3) is 4.61. The molecule has 1 fully saturated rings. The summed E-state index contributed by atoms with van der Waals surface area (Å²) in [4.78, 5) is 19.7. The second-order valence-electron chi connectivity index (χ2n) is 8.93. The van der Waals surface area contributed by atoms with Gasteiger partial charge in [0.25, 0.3) is 5.91 Å². The quantitative estimate of drug-likeness (QED) is 0.643. The van der Waals surface area contributed by atoms with Crippen LogP contribution in [-0.2, 0) is 5.41 Å². The number of anilines is 1. The lowest BCUT2D eigenvalue weighted by molar-refractivity contribution is 0.0945. The molecular formula is C24H29N3OS. The average Bonchev–Trinajstić information content (AvgIpc) is 3.16. The highest BCUT2D eigenvalue weighted by Crippen LogP contribution is 2.31. The van der Waals surface area contributed by atoms with Crippen molar-refractivity contribution in [3.8, 4) is 0 Å². The highest BCUT2D eigenvalue weighted by molar-refractivity contribution is 7.22. The van der Waals surface area contributed by atoms with Gasteiger partial charge in [-0.2, -0.15) is 0 Å². The molecule has 0 saturated carbocycles. The molecule has 0 bridgehead atoms. The number of piperidine rings is 1. The Labute approximate surface area is 177 Å². The van der Waals surface area contributed by atoms with Gasteiger partial charge < -0.3 is 10.2 Å². The van der Waals surface area contributed by atoms with Crippen LogP contribution in [0.1, 0.15) is 49.5 Å². The van der Waals surface area contributed by atoms with E-state index in [2.05, 4.69) is 61.3 Å². The van der Waals surface area contributed by atoms with Gasteiger partial charge in [-0.25, -0.2) is 4.98 Å². The summed E-state index contributed by atoms with van der Waals surface area (Å²) in [5, 5.41) is 4.25. The first-order valence-corrected chi connectivity index (χ1v) is 11.2. The predicted molar refractivity (Wildman–Crippen MR) is 122 cm³/mol. The van der Waals surface area contributed by atoms with Crippen LogP contribution in [0.25, 0.3) is 10.2 Å². The number of carbonyl (C=O) groups is 1. The molecule has 1 aliphatic heterocycles. The van der Waals surface area contributed by atoms with Crippen LogP contribution < -0.4 is 10.2 Å². The molecule has 4 rings (SSSR count). The van der Waals surface area contributed by atoms with E-state index in [9.17, 15) is 4.79 Å². The number of amides is 1. The van der Waals surface area contributed by atoms with Crippen molar-refractivity contribution in [3.63, 3.8) is 0 Å². The van der Waals surface area contributed by atoms with E-state index in [4.69, 9.17) is 4.98 Å². The second-order valence-corrected chi connectivity index (χ2v) is 9.94. The molecule has 0 aliphatic carbocycles. The topological polar surface area (TPSA) is 45.2 Å². The number of thiazole rings is 1. The molecule has 3 aromatic rings. The summed E-state index contributed by atoms with van der Waals surface area (Å²) in [7, 11) is 0. The number of para-hydroxylation sites is 1. The summed E-state index contributed by atoms with van der Waals surface area (Å²) < 4.78 is 1.24. The fourth-order valence-corrected chi connectivity index (χ4v) is 4.80. The van der Waals surface area contributed by atoms with Crippen molar-refractivity contribution in [3.05, 3.63) is 59.7 Å². The van der Waals surface area contributed by atoms with Crippen molar-refractivity contribution < 1.29 is 4.79 Å². The standard InChI is InChI=1S/C24H29N3OS/c1-24(2,3)19-10-8-18(9-11-19)22(28)25-16-17-12-14-27(15-13-17)23-26-20-6-4-5-7-21(20)29-23/h4-11,17H,12-16H2,1-3H3,(H,25,28). The minimum atomic E-state index is 0.0269. The van der Waals surface area contributed by atoms with Gasteiger partial charge in [-0.3, -0.25) is 4.79 Å². The van der Waals surface area contributed by atoms with Gasteiger partial charge in [0.15, 0.2) is 5.13 Å². The summed E-state index contributed by atoms with van der Waals surface area (Å²) in [6.45, 7) is 9.29. The Balaban J connectivity index is 1.28.